The summed E-state index contributed by atoms with van der Waals surface area (Å²) in [5.74, 6) is -1.56. The molecule has 0 aliphatic rings. The number of carboxylic acids is 1. The smallest absolute Gasteiger partial charge is 0.344 e. The lowest BCUT2D eigenvalue weighted by Gasteiger charge is -2.33. The molecule has 1 atom stereocenters. The molecule has 0 saturated heterocycles. The second-order valence-electron chi connectivity index (χ2n) is 7.83. The molecule has 1 amide bonds. The van der Waals surface area contributed by atoms with Gasteiger partial charge in [-0.05, 0) is 28.8 Å². The minimum Gasteiger partial charge on any atom is -0.481 e. The van der Waals surface area contributed by atoms with E-state index in [1.165, 1.54) is 4.90 Å². The molecule has 1 unspecified atom stereocenters. The predicted molar refractivity (Wildman–Crippen MR) is 130 cm³/mol. The van der Waals surface area contributed by atoms with Gasteiger partial charge in [0.1, 0.15) is 12.3 Å². The van der Waals surface area contributed by atoms with Crippen molar-refractivity contribution in [3.8, 4) is 11.1 Å². The fourth-order valence-corrected chi connectivity index (χ4v) is 4.38. The molecular formula is C25H27N2O6P. The average molecular weight is 482 g/mol. The van der Waals surface area contributed by atoms with Crippen LogP contribution in [0.3, 0.4) is 0 Å². The second-order valence-corrected chi connectivity index (χ2v) is 9.44. The molecule has 0 aliphatic heterocycles. The highest BCUT2D eigenvalue weighted by molar-refractivity contribution is 7.51. The Kier molecular flexibility index (Phi) is 8.60. The number of amides is 1. The van der Waals surface area contributed by atoms with Crippen LogP contribution in [0.1, 0.15) is 12.0 Å². The van der Waals surface area contributed by atoms with E-state index in [1.54, 1.807) is 30.3 Å². The highest BCUT2D eigenvalue weighted by Gasteiger charge is 2.31. The Morgan fingerprint density at radius 2 is 1.41 bits per heavy atom. The van der Waals surface area contributed by atoms with Crippen molar-refractivity contribution >= 4 is 25.2 Å². The number of carbonyl (C=O) groups is 2. The summed E-state index contributed by atoms with van der Waals surface area (Å²) in [6, 6.07) is 25.0. The van der Waals surface area contributed by atoms with Crippen LogP contribution < -0.4 is 10.2 Å². The number of hydrogen-bond donors (Lipinski definition) is 4. The molecule has 3 aromatic carbocycles. The van der Waals surface area contributed by atoms with Crippen LogP contribution in [0.5, 0.6) is 0 Å². The Balaban J connectivity index is 1.91. The standard InChI is InChI=1S/C25H27N2O6P/c28-24(29)15-16-26-25(30)23(27(18-34(31,32)33)22-9-5-2-6-10-22)17-19-11-13-21(14-12-19)20-7-3-1-4-8-20/h1-14,23H,15-18H2,(H,26,30)(H,28,29)(H2,31,32,33). The lowest BCUT2D eigenvalue weighted by atomic mass is 9.99. The Hall–Kier alpha value is -3.45. The summed E-state index contributed by atoms with van der Waals surface area (Å²) in [6.07, 6.45) is -0.743. The minimum absolute atomic E-state index is 0.0872. The topological polar surface area (TPSA) is 127 Å². The third-order valence-electron chi connectivity index (χ3n) is 5.23. The summed E-state index contributed by atoms with van der Waals surface area (Å²) < 4.78 is 11.9. The zero-order valence-corrected chi connectivity index (χ0v) is 19.3. The number of carboxylic acid groups (broad SMARTS) is 1. The molecule has 0 radical (unpaired) electrons. The first-order valence-corrected chi connectivity index (χ1v) is 12.5. The van der Waals surface area contributed by atoms with Crippen LogP contribution in [-0.4, -0.2) is 45.6 Å². The molecule has 0 heterocycles. The number of anilines is 1. The zero-order chi connectivity index (χ0) is 24.6. The SMILES string of the molecule is O=C(O)CCNC(=O)C(Cc1ccc(-c2ccccc2)cc1)N(CP(=O)(O)O)c1ccccc1. The molecule has 34 heavy (non-hydrogen) atoms. The van der Waals surface area contributed by atoms with Crippen LogP contribution >= 0.6 is 7.60 Å². The van der Waals surface area contributed by atoms with Crippen LogP contribution in [0.2, 0.25) is 0 Å². The summed E-state index contributed by atoms with van der Waals surface area (Å²) in [6.45, 7) is -0.0872. The van der Waals surface area contributed by atoms with Crippen LogP contribution in [0.15, 0.2) is 84.9 Å². The highest BCUT2D eigenvalue weighted by Crippen LogP contribution is 2.38. The van der Waals surface area contributed by atoms with Crippen molar-refractivity contribution in [1.82, 2.24) is 5.32 Å². The van der Waals surface area contributed by atoms with Crippen molar-refractivity contribution in [3.05, 3.63) is 90.5 Å². The van der Waals surface area contributed by atoms with Gasteiger partial charge in [-0.2, -0.15) is 0 Å². The van der Waals surface area contributed by atoms with E-state index in [1.807, 2.05) is 54.6 Å². The van der Waals surface area contributed by atoms with Gasteiger partial charge in [-0.15, -0.1) is 0 Å². The van der Waals surface area contributed by atoms with Gasteiger partial charge in [0, 0.05) is 18.7 Å². The van der Waals surface area contributed by atoms with Crippen LogP contribution in [-0.2, 0) is 20.6 Å². The molecule has 0 bridgehead atoms. The summed E-state index contributed by atoms with van der Waals surface area (Å²) in [5, 5.41) is 11.5. The Labute approximate surface area is 198 Å². The Bertz CT molecular complexity index is 1130. The van der Waals surface area contributed by atoms with E-state index < -0.39 is 31.8 Å². The molecule has 9 heteroatoms. The van der Waals surface area contributed by atoms with Crippen molar-refractivity contribution in [3.63, 3.8) is 0 Å². The second kappa shape index (κ2) is 11.6. The van der Waals surface area contributed by atoms with Gasteiger partial charge in [0.15, 0.2) is 0 Å². The number of benzene rings is 3. The van der Waals surface area contributed by atoms with Crippen molar-refractivity contribution in [1.29, 1.82) is 0 Å². The molecule has 0 saturated carbocycles. The maximum Gasteiger partial charge on any atom is 0.344 e. The Morgan fingerprint density at radius 1 is 0.853 bits per heavy atom. The maximum atomic E-state index is 13.1. The average Bonchev–Trinajstić information content (AvgIpc) is 2.82. The number of rotatable bonds is 11. The van der Waals surface area contributed by atoms with E-state index in [9.17, 15) is 23.9 Å². The Morgan fingerprint density at radius 3 is 1.97 bits per heavy atom. The molecule has 0 aromatic heterocycles. The van der Waals surface area contributed by atoms with Crippen molar-refractivity contribution in [2.45, 2.75) is 18.9 Å². The number of carbonyl (C=O) groups excluding carboxylic acids is 1. The quantitative estimate of drug-likeness (QED) is 0.308. The number of nitrogens with zero attached hydrogens (tertiary/aromatic N) is 1. The van der Waals surface area contributed by atoms with Crippen molar-refractivity contribution in [2.24, 2.45) is 0 Å². The predicted octanol–water partition coefficient (Wildman–Crippen LogP) is 3.50. The fourth-order valence-electron chi connectivity index (χ4n) is 3.62. The lowest BCUT2D eigenvalue weighted by Crippen LogP contribution is -2.49. The van der Waals surface area contributed by atoms with E-state index in [2.05, 4.69) is 5.32 Å². The summed E-state index contributed by atoms with van der Waals surface area (Å²) >= 11 is 0. The van der Waals surface area contributed by atoms with Gasteiger partial charge >= 0.3 is 13.6 Å². The number of aliphatic carboxylic acids is 1. The van der Waals surface area contributed by atoms with E-state index in [4.69, 9.17) is 5.11 Å². The van der Waals surface area contributed by atoms with Gasteiger partial charge in [0.2, 0.25) is 5.91 Å². The number of nitrogens with one attached hydrogen (secondary N) is 1. The number of para-hydroxylation sites is 1. The molecule has 8 nitrogen and oxygen atoms in total. The van der Waals surface area contributed by atoms with Crippen molar-refractivity contribution in [2.75, 3.05) is 17.7 Å². The molecule has 0 spiro atoms. The molecular weight excluding hydrogens is 455 g/mol. The summed E-state index contributed by atoms with van der Waals surface area (Å²) in [5.41, 5.74) is 3.32. The minimum atomic E-state index is -4.52. The molecule has 0 fully saturated rings. The van der Waals surface area contributed by atoms with E-state index in [0.29, 0.717) is 5.69 Å². The fraction of sp³-hybridized carbons (Fsp3) is 0.200. The maximum absolute atomic E-state index is 13.1. The van der Waals surface area contributed by atoms with Crippen LogP contribution in [0, 0.1) is 0 Å². The third-order valence-corrected chi connectivity index (χ3v) is 5.90. The highest BCUT2D eigenvalue weighted by atomic mass is 31.2. The van der Waals surface area contributed by atoms with E-state index in [-0.39, 0.29) is 19.4 Å². The molecule has 3 aromatic rings. The summed E-state index contributed by atoms with van der Waals surface area (Å²) in [4.78, 5) is 44.8. The van der Waals surface area contributed by atoms with E-state index >= 15 is 0 Å². The largest absolute Gasteiger partial charge is 0.481 e. The summed E-state index contributed by atoms with van der Waals surface area (Å²) in [7, 11) is -4.52. The zero-order valence-electron chi connectivity index (χ0n) is 18.4. The normalized spacial score (nSPS) is 12.1. The lowest BCUT2D eigenvalue weighted by molar-refractivity contribution is -0.136. The van der Waals surface area contributed by atoms with Gasteiger partial charge in [-0.25, -0.2) is 0 Å². The first kappa shape index (κ1) is 25.2. The van der Waals surface area contributed by atoms with Gasteiger partial charge in [-0.3, -0.25) is 14.2 Å². The van der Waals surface area contributed by atoms with Gasteiger partial charge in [0.25, 0.3) is 0 Å². The van der Waals surface area contributed by atoms with E-state index in [0.717, 1.165) is 16.7 Å². The molecule has 4 N–H and O–H groups in total. The number of hydrogen-bond acceptors (Lipinski definition) is 4. The van der Waals surface area contributed by atoms with Crippen LogP contribution in [0.4, 0.5) is 5.69 Å². The molecule has 0 aliphatic carbocycles. The first-order chi connectivity index (χ1) is 16.2. The first-order valence-electron chi connectivity index (χ1n) is 10.7. The van der Waals surface area contributed by atoms with Gasteiger partial charge in [-0.1, -0.05) is 72.8 Å². The monoisotopic (exact) mass is 482 g/mol. The van der Waals surface area contributed by atoms with Crippen LogP contribution in [0.25, 0.3) is 11.1 Å². The van der Waals surface area contributed by atoms with Gasteiger partial charge < -0.3 is 25.1 Å². The third kappa shape index (κ3) is 7.56. The van der Waals surface area contributed by atoms with Crippen molar-refractivity contribution < 1.29 is 29.0 Å². The molecule has 3 rings (SSSR count). The molecule has 178 valence electrons. The van der Waals surface area contributed by atoms with Gasteiger partial charge in [0.05, 0.1) is 6.42 Å².